The zero-order valence-electron chi connectivity index (χ0n) is 14.9. The van der Waals surface area contributed by atoms with Gasteiger partial charge < -0.3 is 5.11 Å². The van der Waals surface area contributed by atoms with Gasteiger partial charge in [-0.1, -0.05) is 55.9 Å². The summed E-state index contributed by atoms with van der Waals surface area (Å²) in [7, 11) is 0. The van der Waals surface area contributed by atoms with Crippen molar-refractivity contribution in [2.24, 2.45) is 5.92 Å². The van der Waals surface area contributed by atoms with Gasteiger partial charge in [0.15, 0.2) is 0 Å². The fraction of sp³-hybridized carbons (Fsp3) is 0.550. The molecule has 0 aliphatic rings. The van der Waals surface area contributed by atoms with E-state index in [1.54, 1.807) is 13.0 Å². The third kappa shape index (κ3) is 11.3. The predicted molar refractivity (Wildman–Crippen MR) is 95.8 cm³/mol. The molecule has 0 aliphatic heterocycles. The van der Waals surface area contributed by atoms with E-state index in [-0.39, 0.29) is 0 Å². The number of carbonyl (C=O) groups excluding carboxylic acids is 1. The predicted octanol–water partition coefficient (Wildman–Crippen LogP) is 5.16. The average molecular weight is 304 g/mol. The molecular formula is C20H32O2. The van der Waals surface area contributed by atoms with Gasteiger partial charge in [-0.15, -0.1) is 0 Å². The highest BCUT2D eigenvalue weighted by Crippen LogP contribution is 2.12. The molecule has 1 atom stereocenters. The molecular weight excluding hydrogens is 272 g/mol. The van der Waals surface area contributed by atoms with Crippen molar-refractivity contribution in [2.75, 3.05) is 0 Å². The monoisotopic (exact) mass is 304 g/mol. The van der Waals surface area contributed by atoms with Gasteiger partial charge in [-0.3, -0.25) is 4.79 Å². The fourth-order valence-electron chi connectivity index (χ4n) is 2.02. The zero-order chi connectivity index (χ0) is 17.2. The molecule has 2 heteroatoms. The number of aliphatic hydroxyl groups is 1. The molecule has 0 amide bonds. The molecule has 0 unspecified atom stereocenters. The molecule has 0 bridgehead atoms. The topological polar surface area (TPSA) is 37.3 Å². The molecule has 0 aromatic rings. The van der Waals surface area contributed by atoms with Crippen molar-refractivity contribution >= 4 is 5.78 Å². The van der Waals surface area contributed by atoms with E-state index in [1.165, 1.54) is 11.6 Å². The van der Waals surface area contributed by atoms with Gasteiger partial charge in [0.1, 0.15) is 5.78 Å². The molecule has 0 heterocycles. The molecule has 0 aromatic carbocycles. The van der Waals surface area contributed by atoms with E-state index >= 15 is 0 Å². The number of carbonyl (C=O) groups is 1. The van der Waals surface area contributed by atoms with Gasteiger partial charge in [-0.05, 0) is 45.6 Å². The number of hydrogen-bond acceptors (Lipinski definition) is 2. The highest BCUT2D eigenvalue weighted by molar-refractivity contribution is 5.80. The van der Waals surface area contributed by atoms with Crippen molar-refractivity contribution in [1.82, 2.24) is 0 Å². The maximum atomic E-state index is 11.7. The van der Waals surface area contributed by atoms with Gasteiger partial charge in [-0.2, -0.15) is 0 Å². The Morgan fingerprint density at radius 2 is 1.91 bits per heavy atom. The first-order chi connectivity index (χ1) is 10.2. The minimum atomic E-state index is -0.954. The summed E-state index contributed by atoms with van der Waals surface area (Å²) in [6.07, 6.45) is 12.4. The molecule has 1 N–H and O–H groups in total. The molecule has 0 radical (unpaired) electrons. The molecule has 0 aliphatic carbocycles. The van der Waals surface area contributed by atoms with Crippen LogP contribution in [-0.4, -0.2) is 16.5 Å². The van der Waals surface area contributed by atoms with Gasteiger partial charge in [0.05, 0.1) is 5.60 Å². The summed E-state index contributed by atoms with van der Waals surface area (Å²) in [4.78, 5) is 11.7. The van der Waals surface area contributed by atoms with Crippen LogP contribution in [0.3, 0.4) is 0 Å². The van der Waals surface area contributed by atoms with E-state index in [9.17, 15) is 9.90 Å². The number of allylic oxidation sites excluding steroid dienone is 5. The van der Waals surface area contributed by atoms with Gasteiger partial charge in [0, 0.05) is 12.8 Å². The van der Waals surface area contributed by atoms with Crippen LogP contribution in [-0.2, 0) is 4.79 Å². The summed E-state index contributed by atoms with van der Waals surface area (Å²) >= 11 is 0. The van der Waals surface area contributed by atoms with Crippen LogP contribution >= 0.6 is 0 Å². The average Bonchev–Trinajstić information content (AvgIpc) is 2.37. The molecule has 0 fully saturated rings. The SMILES string of the molecule is C=C[C@](C)(O)/C=C/C=C(\C)CC/C=C(\C)CC(=O)CC(C)C. The first-order valence-corrected chi connectivity index (χ1v) is 8.04. The summed E-state index contributed by atoms with van der Waals surface area (Å²) in [6.45, 7) is 13.5. The van der Waals surface area contributed by atoms with Crippen LogP contribution in [0.1, 0.15) is 60.3 Å². The van der Waals surface area contributed by atoms with Crippen molar-refractivity contribution in [3.63, 3.8) is 0 Å². The van der Waals surface area contributed by atoms with Crippen molar-refractivity contribution in [3.05, 3.63) is 48.1 Å². The summed E-state index contributed by atoms with van der Waals surface area (Å²) in [5.74, 6) is 0.760. The van der Waals surface area contributed by atoms with Crippen LogP contribution in [0.5, 0.6) is 0 Å². The Morgan fingerprint density at radius 3 is 2.45 bits per heavy atom. The smallest absolute Gasteiger partial charge is 0.137 e. The third-order valence-electron chi connectivity index (χ3n) is 3.37. The van der Waals surface area contributed by atoms with Crippen LogP contribution in [0.4, 0.5) is 0 Å². The zero-order valence-corrected chi connectivity index (χ0v) is 14.9. The second-order valence-electron chi connectivity index (χ2n) is 6.70. The minimum Gasteiger partial charge on any atom is -0.382 e. The van der Waals surface area contributed by atoms with Crippen molar-refractivity contribution in [1.29, 1.82) is 0 Å². The number of ketones is 1. The van der Waals surface area contributed by atoms with Crippen molar-refractivity contribution in [3.8, 4) is 0 Å². The van der Waals surface area contributed by atoms with Gasteiger partial charge >= 0.3 is 0 Å². The highest BCUT2D eigenvalue weighted by atomic mass is 16.3. The lowest BCUT2D eigenvalue weighted by Gasteiger charge is -2.11. The molecule has 2 nitrogen and oxygen atoms in total. The van der Waals surface area contributed by atoms with Gasteiger partial charge in [0.2, 0.25) is 0 Å². The third-order valence-corrected chi connectivity index (χ3v) is 3.37. The summed E-state index contributed by atoms with van der Waals surface area (Å²) in [5, 5.41) is 9.76. The molecule has 0 aromatic heterocycles. The lowest BCUT2D eigenvalue weighted by molar-refractivity contribution is -0.119. The molecule has 0 saturated heterocycles. The van der Waals surface area contributed by atoms with Gasteiger partial charge in [0.25, 0.3) is 0 Å². The second kappa shape index (κ2) is 10.3. The highest BCUT2D eigenvalue weighted by Gasteiger charge is 2.08. The largest absolute Gasteiger partial charge is 0.382 e. The van der Waals surface area contributed by atoms with Crippen LogP contribution in [0.15, 0.2) is 48.1 Å². The van der Waals surface area contributed by atoms with E-state index in [2.05, 4.69) is 33.4 Å². The normalized spacial score (nSPS) is 16.1. The molecule has 22 heavy (non-hydrogen) atoms. The maximum Gasteiger partial charge on any atom is 0.137 e. The minimum absolute atomic E-state index is 0.325. The molecule has 0 saturated carbocycles. The molecule has 124 valence electrons. The Balaban J connectivity index is 4.24. The molecule has 0 rings (SSSR count). The van der Waals surface area contributed by atoms with Crippen LogP contribution < -0.4 is 0 Å². The second-order valence-corrected chi connectivity index (χ2v) is 6.70. The Kier molecular flexibility index (Phi) is 9.68. The molecule has 0 spiro atoms. The van der Waals surface area contributed by atoms with Crippen LogP contribution in [0.25, 0.3) is 0 Å². The van der Waals surface area contributed by atoms with E-state index in [0.29, 0.717) is 24.5 Å². The Bertz CT molecular complexity index is 448. The van der Waals surface area contributed by atoms with E-state index in [4.69, 9.17) is 0 Å². The van der Waals surface area contributed by atoms with E-state index in [1.807, 2.05) is 19.1 Å². The lowest BCUT2D eigenvalue weighted by Crippen LogP contribution is -2.15. The summed E-state index contributed by atoms with van der Waals surface area (Å²) in [5.41, 5.74) is 1.45. The number of hydrogen-bond donors (Lipinski definition) is 1. The van der Waals surface area contributed by atoms with E-state index < -0.39 is 5.60 Å². The maximum absolute atomic E-state index is 11.7. The Hall–Kier alpha value is -1.41. The van der Waals surface area contributed by atoms with E-state index in [0.717, 1.165) is 18.4 Å². The first-order valence-electron chi connectivity index (χ1n) is 8.04. The number of Topliss-reactive ketones (excluding diaryl/α,β-unsaturated/α-hetero) is 1. The first kappa shape index (κ1) is 20.6. The Labute approximate surface area is 136 Å². The standard InChI is InChI=1S/C20H32O2/c1-7-20(6,22)13-9-12-17(4)10-8-11-18(5)15-19(21)14-16(2)3/h7,9,11-13,16,22H,1,8,10,14-15H2,2-6H3/b13-9+,17-12+,18-11+/t20-/m0/s1. The van der Waals surface area contributed by atoms with Crippen molar-refractivity contribution < 1.29 is 9.90 Å². The fourth-order valence-corrected chi connectivity index (χ4v) is 2.02. The van der Waals surface area contributed by atoms with Gasteiger partial charge in [-0.25, -0.2) is 0 Å². The summed E-state index contributed by atoms with van der Waals surface area (Å²) in [6, 6.07) is 0. The lowest BCUT2D eigenvalue weighted by atomic mass is 10.0. The number of rotatable bonds is 10. The Morgan fingerprint density at radius 1 is 1.27 bits per heavy atom. The quantitative estimate of drug-likeness (QED) is 0.447. The van der Waals surface area contributed by atoms with Crippen LogP contribution in [0, 0.1) is 5.92 Å². The summed E-state index contributed by atoms with van der Waals surface area (Å²) < 4.78 is 0. The van der Waals surface area contributed by atoms with Crippen LogP contribution in [0.2, 0.25) is 0 Å². The van der Waals surface area contributed by atoms with Crippen molar-refractivity contribution in [2.45, 2.75) is 65.9 Å².